The molecule has 0 radical (unpaired) electrons. The first-order chi connectivity index (χ1) is 6.02. The molecule has 14 heavy (non-hydrogen) atoms. The first-order valence-corrected chi connectivity index (χ1v) is 6.82. The van der Waals surface area contributed by atoms with Gasteiger partial charge in [-0.1, -0.05) is 20.8 Å². The van der Waals surface area contributed by atoms with Crippen LogP contribution in [-0.2, 0) is 9.84 Å². The number of sulfone groups is 1. The fraction of sp³-hybridized carbons (Fsp3) is 1.00. The summed E-state index contributed by atoms with van der Waals surface area (Å²) in [5.74, 6) is 0.506. The van der Waals surface area contributed by atoms with E-state index >= 15 is 0 Å². The molecular formula is C10H21NO2S. The van der Waals surface area contributed by atoms with Gasteiger partial charge in [0, 0.05) is 11.6 Å². The highest BCUT2D eigenvalue weighted by atomic mass is 32.2. The van der Waals surface area contributed by atoms with Crippen molar-refractivity contribution in [2.24, 2.45) is 5.41 Å². The van der Waals surface area contributed by atoms with E-state index in [-0.39, 0.29) is 28.5 Å². The lowest BCUT2D eigenvalue weighted by Crippen LogP contribution is -2.61. The Bertz CT molecular complexity index is 312. The van der Waals surface area contributed by atoms with Crippen molar-refractivity contribution < 1.29 is 8.42 Å². The van der Waals surface area contributed by atoms with Crippen LogP contribution in [0.25, 0.3) is 0 Å². The van der Waals surface area contributed by atoms with Crippen LogP contribution in [-0.4, -0.2) is 31.5 Å². The molecule has 0 amide bonds. The summed E-state index contributed by atoms with van der Waals surface area (Å²) in [5.41, 5.74) is -0.306. The van der Waals surface area contributed by atoms with Crippen LogP contribution in [0, 0.1) is 5.41 Å². The molecule has 1 rings (SSSR count). The molecule has 0 bridgehead atoms. The first kappa shape index (κ1) is 12.0. The van der Waals surface area contributed by atoms with Crippen LogP contribution in [0.2, 0.25) is 0 Å². The van der Waals surface area contributed by atoms with Gasteiger partial charge in [-0.2, -0.15) is 0 Å². The van der Waals surface area contributed by atoms with Gasteiger partial charge in [0.1, 0.15) is 0 Å². The molecule has 1 unspecified atom stereocenters. The van der Waals surface area contributed by atoms with E-state index in [0.717, 1.165) is 0 Å². The van der Waals surface area contributed by atoms with Gasteiger partial charge in [-0.3, -0.25) is 0 Å². The standard InChI is InChI=1S/C10H21NO2S/c1-9(2,3)8-6-14(12,13)7-10(4,5)11-8/h8,11H,6-7H2,1-5H3. The van der Waals surface area contributed by atoms with Crippen molar-refractivity contribution >= 4 is 9.84 Å². The molecule has 4 heteroatoms. The minimum absolute atomic E-state index is 0.00917. The molecule has 1 heterocycles. The maximum absolute atomic E-state index is 11.7. The maximum atomic E-state index is 11.7. The van der Waals surface area contributed by atoms with Gasteiger partial charge < -0.3 is 5.32 Å². The van der Waals surface area contributed by atoms with Crippen LogP contribution in [0.1, 0.15) is 34.6 Å². The summed E-state index contributed by atoms with van der Waals surface area (Å²) < 4.78 is 23.4. The minimum Gasteiger partial charge on any atom is -0.306 e. The van der Waals surface area contributed by atoms with Crippen LogP contribution in [0.3, 0.4) is 0 Å². The van der Waals surface area contributed by atoms with Gasteiger partial charge in [0.2, 0.25) is 0 Å². The van der Waals surface area contributed by atoms with Crippen molar-refractivity contribution in [3.05, 3.63) is 0 Å². The molecule has 1 fully saturated rings. The number of hydrogen-bond donors (Lipinski definition) is 1. The highest BCUT2D eigenvalue weighted by Crippen LogP contribution is 2.27. The first-order valence-electron chi connectivity index (χ1n) is 5.00. The Hall–Kier alpha value is -0.0900. The van der Waals surface area contributed by atoms with Crippen molar-refractivity contribution in [1.29, 1.82) is 0 Å². The topological polar surface area (TPSA) is 46.2 Å². The zero-order valence-electron chi connectivity index (χ0n) is 9.72. The van der Waals surface area contributed by atoms with E-state index in [9.17, 15) is 8.42 Å². The molecule has 0 saturated carbocycles. The van der Waals surface area contributed by atoms with Crippen molar-refractivity contribution in [2.75, 3.05) is 11.5 Å². The molecule has 1 N–H and O–H groups in total. The van der Waals surface area contributed by atoms with Crippen molar-refractivity contribution in [3.63, 3.8) is 0 Å². The van der Waals surface area contributed by atoms with E-state index in [2.05, 4.69) is 26.1 Å². The molecule has 0 spiro atoms. The Morgan fingerprint density at radius 3 is 2.14 bits per heavy atom. The molecule has 3 nitrogen and oxygen atoms in total. The zero-order valence-corrected chi connectivity index (χ0v) is 10.5. The van der Waals surface area contributed by atoms with Crippen LogP contribution in [0.4, 0.5) is 0 Å². The number of nitrogens with one attached hydrogen (secondary N) is 1. The predicted molar refractivity (Wildman–Crippen MR) is 59.1 cm³/mol. The molecule has 0 aliphatic carbocycles. The van der Waals surface area contributed by atoms with Crippen molar-refractivity contribution in [1.82, 2.24) is 5.32 Å². The third-order valence-electron chi connectivity index (χ3n) is 2.61. The van der Waals surface area contributed by atoms with E-state index in [0.29, 0.717) is 0 Å². The van der Waals surface area contributed by atoms with Crippen LogP contribution < -0.4 is 5.32 Å². The summed E-state index contributed by atoms with van der Waals surface area (Å²) >= 11 is 0. The highest BCUT2D eigenvalue weighted by Gasteiger charge is 2.40. The molecule has 0 aromatic heterocycles. The third-order valence-corrected chi connectivity index (χ3v) is 4.61. The molecule has 84 valence electrons. The molecule has 1 atom stereocenters. The second-order valence-electron chi connectivity index (χ2n) is 6.00. The van der Waals surface area contributed by atoms with Crippen molar-refractivity contribution in [2.45, 2.75) is 46.2 Å². The van der Waals surface area contributed by atoms with Gasteiger partial charge in [0.05, 0.1) is 11.5 Å². The number of rotatable bonds is 0. The van der Waals surface area contributed by atoms with Crippen molar-refractivity contribution in [3.8, 4) is 0 Å². The molecule has 1 saturated heterocycles. The molecule has 1 aliphatic heterocycles. The van der Waals surface area contributed by atoms with Gasteiger partial charge in [0.15, 0.2) is 9.84 Å². The lowest BCUT2D eigenvalue weighted by atomic mass is 9.86. The van der Waals surface area contributed by atoms with Crippen LogP contribution in [0.15, 0.2) is 0 Å². The summed E-state index contributed by atoms with van der Waals surface area (Å²) in [6.07, 6.45) is 0. The predicted octanol–water partition coefficient (Wildman–Crippen LogP) is 1.20. The summed E-state index contributed by atoms with van der Waals surface area (Å²) in [6, 6.07) is 0.0521. The third kappa shape index (κ3) is 2.95. The average molecular weight is 219 g/mol. The molecule has 0 aromatic rings. The molecule has 0 aromatic carbocycles. The molecular weight excluding hydrogens is 198 g/mol. The smallest absolute Gasteiger partial charge is 0.153 e. The van der Waals surface area contributed by atoms with Crippen LogP contribution >= 0.6 is 0 Å². The monoisotopic (exact) mass is 219 g/mol. The van der Waals surface area contributed by atoms with E-state index in [1.54, 1.807) is 0 Å². The van der Waals surface area contributed by atoms with E-state index in [4.69, 9.17) is 0 Å². The van der Waals surface area contributed by atoms with Gasteiger partial charge in [-0.15, -0.1) is 0 Å². The summed E-state index contributed by atoms with van der Waals surface area (Å²) in [6.45, 7) is 10.1. The Labute approximate surface area is 87.2 Å². The zero-order chi connectivity index (χ0) is 11.2. The Balaban J connectivity index is 2.94. The maximum Gasteiger partial charge on any atom is 0.153 e. The summed E-state index contributed by atoms with van der Waals surface area (Å²) in [7, 11) is -2.89. The van der Waals surface area contributed by atoms with Gasteiger partial charge >= 0.3 is 0 Å². The Kier molecular flexibility index (Phi) is 2.74. The lowest BCUT2D eigenvalue weighted by Gasteiger charge is -2.42. The normalized spacial score (nSPS) is 31.4. The lowest BCUT2D eigenvalue weighted by molar-refractivity contribution is 0.227. The summed E-state index contributed by atoms with van der Waals surface area (Å²) in [5, 5.41) is 3.41. The Morgan fingerprint density at radius 1 is 1.29 bits per heavy atom. The second-order valence-corrected chi connectivity index (χ2v) is 8.11. The average Bonchev–Trinajstić information content (AvgIpc) is 1.76. The fourth-order valence-electron chi connectivity index (χ4n) is 1.88. The largest absolute Gasteiger partial charge is 0.306 e. The quantitative estimate of drug-likeness (QED) is 0.666. The van der Waals surface area contributed by atoms with E-state index in [1.807, 2.05) is 13.8 Å². The number of hydrogen-bond acceptors (Lipinski definition) is 3. The summed E-state index contributed by atoms with van der Waals surface area (Å²) in [4.78, 5) is 0. The van der Waals surface area contributed by atoms with Gasteiger partial charge in [-0.05, 0) is 19.3 Å². The van der Waals surface area contributed by atoms with E-state index < -0.39 is 9.84 Å². The second kappa shape index (κ2) is 3.20. The molecule has 1 aliphatic rings. The highest BCUT2D eigenvalue weighted by molar-refractivity contribution is 7.91. The SMILES string of the molecule is CC1(C)CS(=O)(=O)CC(C(C)(C)C)N1. The van der Waals surface area contributed by atoms with Crippen LogP contribution in [0.5, 0.6) is 0 Å². The van der Waals surface area contributed by atoms with Gasteiger partial charge in [-0.25, -0.2) is 8.42 Å². The minimum atomic E-state index is -2.89. The van der Waals surface area contributed by atoms with Gasteiger partial charge in [0.25, 0.3) is 0 Å². The van der Waals surface area contributed by atoms with E-state index in [1.165, 1.54) is 0 Å². The Morgan fingerprint density at radius 2 is 1.79 bits per heavy atom. The fourth-order valence-corrected chi connectivity index (χ4v) is 4.28.